The van der Waals surface area contributed by atoms with E-state index in [1.165, 1.54) is 20.2 Å². The molecule has 0 amide bonds. The van der Waals surface area contributed by atoms with Gasteiger partial charge in [0.25, 0.3) is 10.0 Å². The van der Waals surface area contributed by atoms with Gasteiger partial charge in [0.05, 0.1) is 19.3 Å². The van der Waals surface area contributed by atoms with Crippen LogP contribution in [-0.4, -0.2) is 46.9 Å². The second kappa shape index (κ2) is 6.86. The van der Waals surface area contributed by atoms with Crippen molar-refractivity contribution in [2.45, 2.75) is 17.7 Å². The van der Waals surface area contributed by atoms with E-state index in [0.29, 0.717) is 18.8 Å². The molecular weight excluding hydrogens is 260 g/mol. The number of aliphatic hydroxyl groups is 1. The zero-order chi connectivity index (χ0) is 13.6. The third kappa shape index (κ3) is 4.39. The minimum Gasteiger partial charge on any atom is -0.447 e. The number of furan rings is 1. The quantitative estimate of drug-likeness (QED) is 0.580. The number of hydrogen-bond acceptors (Lipinski definition) is 6. The number of rotatable bonds is 8. The second-order valence-corrected chi connectivity index (χ2v) is 5.49. The van der Waals surface area contributed by atoms with Gasteiger partial charge in [0.1, 0.15) is 5.76 Å². The van der Waals surface area contributed by atoms with Gasteiger partial charge in [-0.25, -0.2) is 13.1 Å². The molecule has 0 saturated heterocycles. The van der Waals surface area contributed by atoms with Crippen molar-refractivity contribution in [2.75, 3.05) is 27.3 Å². The summed E-state index contributed by atoms with van der Waals surface area (Å²) in [5.41, 5.74) is 0. The molecule has 1 unspecified atom stereocenters. The molecule has 18 heavy (non-hydrogen) atoms. The molecule has 104 valence electrons. The van der Waals surface area contributed by atoms with Crippen molar-refractivity contribution in [1.82, 2.24) is 10.0 Å². The van der Waals surface area contributed by atoms with Gasteiger partial charge in [0.15, 0.2) is 0 Å². The van der Waals surface area contributed by atoms with E-state index in [1.54, 1.807) is 6.07 Å². The number of hydrogen-bond donors (Lipinski definition) is 3. The predicted molar refractivity (Wildman–Crippen MR) is 64.5 cm³/mol. The summed E-state index contributed by atoms with van der Waals surface area (Å²) in [5.74, 6) is 0.480. The summed E-state index contributed by atoms with van der Waals surface area (Å²) >= 11 is 0. The molecule has 1 aromatic heterocycles. The first-order valence-electron chi connectivity index (χ1n) is 5.39. The molecule has 0 aliphatic heterocycles. The first-order valence-corrected chi connectivity index (χ1v) is 6.88. The van der Waals surface area contributed by atoms with Crippen LogP contribution in [0.3, 0.4) is 0 Å². The summed E-state index contributed by atoms with van der Waals surface area (Å²) in [6.07, 6.45) is -0.606. The minimum atomic E-state index is -3.54. The number of methoxy groups -OCH3 is 1. The Morgan fingerprint density at radius 2 is 2.22 bits per heavy atom. The van der Waals surface area contributed by atoms with Crippen molar-refractivity contribution in [3.05, 3.63) is 17.9 Å². The molecule has 1 atom stereocenters. The highest BCUT2D eigenvalue weighted by molar-refractivity contribution is 7.89. The van der Waals surface area contributed by atoms with Gasteiger partial charge < -0.3 is 19.6 Å². The van der Waals surface area contributed by atoms with Gasteiger partial charge in [-0.05, 0) is 19.2 Å². The first-order chi connectivity index (χ1) is 8.49. The molecule has 0 saturated carbocycles. The van der Waals surface area contributed by atoms with Crippen LogP contribution >= 0.6 is 0 Å². The summed E-state index contributed by atoms with van der Waals surface area (Å²) in [6.45, 7) is 0.910. The molecule has 1 rings (SSSR count). The second-order valence-electron chi connectivity index (χ2n) is 3.67. The lowest BCUT2D eigenvalue weighted by molar-refractivity contribution is 0.0641. The van der Waals surface area contributed by atoms with Crippen LogP contribution in [0.15, 0.2) is 21.6 Å². The Bertz CT molecular complexity index is 457. The molecule has 0 aromatic carbocycles. The fourth-order valence-electron chi connectivity index (χ4n) is 1.31. The van der Waals surface area contributed by atoms with Crippen molar-refractivity contribution in [2.24, 2.45) is 0 Å². The standard InChI is InChI=1S/C10H18N2O5S/c1-11-18(14,15)10-4-3-9(17-10)6-12-5-8(13)7-16-2/h3-4,8,11-13H,5-7H2,1-2H3. The monoisotopic (exact) mass is 278 g/mol. The molecular formula is C10H18N2O5S. The van der Waals surface area contributed by atoms with Crippen molar-refractivity contribution in [3.8, 4) is 0 Å². The summed E-state index contributed by atoms with van der Waals surface area (Å²) < 4.78 is 34.9. The number of sulfonamides is 1. The van der Waals surface area contributed by atoms with Crippen molar-refractivity contribution < 1.29 is 22.7 Å². The summed E-state index contributed by atoms with van der Waals surface area (Å²) in [6, 6.07) is 2.95. The van der Waals surface area contributed by atoms with Crippen LogP contribution in [0.25, 0.3) is 0 Å². The predicted octanol–water partition coefficient (Wildman–Crippen LogP) is -0.715. The van der Waals surface area contributed by atoms with Crippen LogP contribution in [0, 0.1) is 0 Å². The summed E-state index contributed by atoms with van der Waals surface area (Å²) in [7, 11) is -0.720. The Kier molecular flexibility index (Phi) is 5.76. The number of ether oxygens (including phenoxy) is 1. The van der Waals surface area contributed by atoms with Gasteiger partial charge in [-0.15, -0.1) is 0 Å². The first kappa shape index (κ1) is 15.1. The van der Waals surface area contributed by atoms with E-state index in [1.807, 2.05) is 0 Å². The fraction of sp³-hybridized carbons (Fsp3) is 0.600. The fourth-order valence-corrected chi connectivity index (χ4v) is 1.98. The van der Waals surface area contributed by atoms with E-state index in [2.05, 4.69) is 10.0 Å². The van der Waals surface area contributed by atoms with Crippen LogP contribution in [-0.2, 0) is 21.3 Å². The Hall–Kier alpha value is -0.930. The van der Waals surface area contributed by atoms with Gasteiger partial charge in [-0.2, -0.15) is 0 Å². The average Bonchev–Trinajstić information content (AvgIpc) is 2.79. The summed E-state index contributed by atoms with van der Waals surface area (Å²) in [4.78, 5) is 0. The van der Waals surface area contributed by atoms with Gasteiger partial charge in [-0.1, -0.05) is 0 Å². The highest BCUT2D eigenvalue weighted by atomic mass is 32.2. The lowest BCUT2D eigenvalue weighted by Gasteiger charge is -2.09. The lowest BCUT2D eigenvalue weighted by Crippen LogP contribution is -2.29. The Morgan fingerprint density at radius 3 is 2.83 bits per heavy atom. The van der Waals surface area contributed by atoms with Crippen LogP contribution in [0.2, 0.25) is 0 Å². The van der Waals surface area contributed by atoms with Crippen molar-refractivity contribution in [3.63, 3.8) is 0 Å². The van der Waals surface area contributed by atoms with Crippen LogP contribution in [0.4, 0.5) is 0 Å². The Morgan fingerprint density at radius 1 is 1.50 bits per heavy atom. The Balaban J connectivity index is 2.45. The molecule has 1 heterocycles. The van der Waals surface area contributed by atoms with E-state index < -0.39 is 16.1 Å². The molecule has 0 bridgehead atoms. The van der Waals surface area contributed by atoms with Gasteiger partial charge in [0, 0.05) is 13.7 Å². The molecule has 0 fully saturated rings. The molecule has 0 radical (unpaired) electrons. The van der Waals surface area contributed by atoms with E-state index in [4.69, 9.17) is 9.15 Å². The molecule has 0 aliphatic carbocycles. The average molecular weight is 278 g/mol. The molecule has 7 nitrogen and oxygen atoms in total. The van der Waals surface area contributed by atoms with Crippen LogP contribution in [0.1, 0.15) is 5.76 Å². The van der Waals surface area contributed by atoms with Gasteiger partial charge in [-0.3, -0.25) is 0 Å². The highest BCUT2D eigenvalue weighted by Crippen LogP contribution is 2.12. The smallest absolute Gasteiger partial charge is 0.273 e. The van der Waals surface area contributed by atoms with E-state index in [-0.39, 0.29) is 11.7 Å². The zero-order valence-electron chi connectivity index (χ0n) is 10.3. The van der Waals surface area contributed by atoms with Crippen molar-refractivity contribution >= 4 is 10.0 Å². The maximum atomic E-state index is 11.4. The third-order valence-electron chi connectivity index (χ3n) is 2.21. The largest absolute Gasteiger partial charge is 0.447 e. The normalized spacial score (nSPS) is 13.7. The highest BCUT2D eigenvalue weighted by Gasteiger charge is 2.16. The van der Waals surface area contributed by atoms with E-state index in [9.17, 15) is 13.5 Å². The minimum absolute atomic E-state index is 0.126. The zero-order valence-corrected chi connectivity index (χ0v) is 11.2. The molecule has 1 aromatic rings. The molecule has 3 N–H and O–H groups in total. The van der Waals surface area contributed by atoms with Crippen molar-refractivity contribution in [1.29, 1.82) is 0 Å². The summed E-state index contributed by atoms with van der Waals surface area (Å²) in [5, 5.41) is 12.2. The maximum absolute atomic E-state index is 11.4. The third-order valence-corrected chi connectivity index (χ3v) is 3.50. The SMILES string of the molecule is CNS(=O)(=O)c1ccc(CNCC(O)COC)o1. The maximum Gasteiger partial charge on any atom is 0.273 e. The Labute approximate surface area is 106 Å². The lowest BCUT2D eigenvalue weighted by atomic mass is 10.3. The molecule has 0 aliphatic rings. The number of aliphatic hydroxyl groups excluding tert-OH is 1. The van der Waals surface area contributed by atoms with Crippen LogP contribution < -0.4 is 10.0 Å². The van der Waals surface area contributed by atoms with Gasteiger partial charge in [0.2, 0.25) is 5.09 Å². The van der Waals surface area contributed by atoms with E-state index in [0.717, 1.165) is 0 Å². The van der Waals surface area contributed by atoms with Gasteiger partial charge >= 0.3 is 0 Å². The van der Waals surface area contributed by atoms with E-state index >= 15 is 0 Å². The van der Waals surface area contributed by atoms with Crippen LogP contribution in [0.5, 0.6) is 0 Å². The molecule has 0 spiro atoms. The topological polar surface area (TPSA) is 101 Å². The molecule has 8 heteroatoms. The number of nitrogens with one attached hydrogen (secondary N) is 2.